The van der Waals surface area contributed by atoms with E-state index >= 15 is 0 Å². The summed E-state index contributed by atoms with van der Waals surface area (Å²) < 4.78 is 5.37. The molecule has 2 amide bonds. The number of carbonyl (C=O) groups excluding carboxylic acids is 3. The van der Waals surface area contributed by atoms with Gasteiger partial charge in [-0.25, -0.2) is 4.79 Å². The van der Waals surface area contributed by atoms with E-state index in [9.17, 15) is 14.4 Å². The van der Waals surface area contributed by atoms with E-state index < -0.39 is 17.8 Å². The fourth-order valence-electron chi connectivity index (χ4n) is 2.59. The van der Waals surface area contributed by atoms with Crippen molar-refractivity contribution in [1.82, 2.24) is 4.90 Å². The third-order valence-corrected chi connectivity index (χ3v) is 3.98. The summed E-state index contributed by atoms with van der Waals surface area (Å²) in [4.78, 5) is 37.6. The lowest BCUT2D eigenvalue weighted by atomic mass is 10.1. The zero-order valence-electron chi connectivity index (χ0n) is 14.6. The molecule has 27 heavy (non-hydrogen) atoms. The van der Waals surface area contributed by atoms with E-state index in [4.69, 9.17) is 9.84 Å². The number of nitrogens with one attached hydrogen (secondary N) is 1. The predicted octanol–water partition coefficient (Wildman–Crippen LogP) is 1.87. The van der Waals surface area contributed by atoms with Gasteiger partial charge in [0.15, 0.2) is 0 Å². The van der Waals surface area contributed by atoms with E-state index in [1.807, 2.05) is 19.1 Å². The number of nitrogens with zero attached hydrogens (tertiary/aromatic N) is 1. The first kappa shape index (κ1) is 18.3. The van der Waals surface area contributed by atoms with Crippen molar-refractivity contribution in [2.45, 2.75) is 6.92 Å². The Labute approximate surface area is 155 Å². The zero-order valence-corrected chi connectivity index (χ0v) is 14.6. The highest BCUT2D eigenvalue weighted by Crippen LogP contribution is 2.23. The molecule has 0 fully saturated rings. The standard InChI is InChI=1S/C20H18N2O5/c1-13-6-8-14(9-7-13)27-20(26)15-4-2-3-5-16(15)21-17-12-18(24)22(10-11-23)19(17)25/h2-9,12,21,23H,10-11H2,1H3. The number of anilines is 1. The number of hydrogen-bond acceptors (Lipinski definition) is 6. The van der Waals surface area contributed by atoms with Crippen molar-refractivity contribution in [3.05, 3.63) is 71.4 Å². The molecule has 0 radical (unpaired) electrons. The summed E-state index contributed by atoms with van der Waals surface area (Å²) >= 11 is 0. The Hall–Kier alpha value is -3.45. The van der Waals surface area contributed by atoms with Gasteiger partial charge in [0, 0.05) is 6.08 Å². The summed E-state index contributed by atoms with van der Waals surface area (Å²) in [5.41, 5.74) is 1.64. The molecule has 0 saturated heterocycles. The summed E-state index contributed by atoms with van der Waals surface area (Å²) in [6.07, 6.45) is 1.14. The smallest absolute Gasteiger partial charge is 0.345 e. The van der Waals surface area contributed by atoms with Crippen LogP contribution in [0.4, 0.5) is 5.69 Å². The molecule has 3 rings (SSSR count). The lowest BCUT2D eigenvalue weighted by Crippen LogP contribution is -2.34. The number of rotatable bonds is 6. The maximum absolute atomic E-state index is 12.5. The lowest BCUT2D eigenvalue weighted by Gasteiger charge is -2.14. The van der Waals surface area contributed by atoms with Gasteiger partial charge in [-0.15, -0.1) is 0 Å². The number of aliphatic hydroxyl groups excluding tert-OH is 1. The van der Waals surface area contributed by atoms with E-state index in [1.54, 1.807) is 36.4 Å². The maximum atomic E-state index is 12.5. The second-order valence-corrected chi connectivity index (χ2v) is 5.95. The van der Waals surface area contributed by atoms with Crippen molar-refractivity contribution in [2.24, 2.45) is 0 Å². The molecule has 2 N–H and O–H groups in total. The fourth-order valence-corrected chi connectivity index (χ4v) is 2.59. The first-order valence-corrected chi connectivity index (χ1v) is 8.33. The number of aryl methyl sites for hydroxylation is 1. The highest BCUT2D eigenvalue weighted by atomic mass is 16.5. The molecule has 0 bridgehead atoms. The van der Waals surface area contributed by atoms with Crippen molar-refractivity contribution in [3.63, 3.8) is 0 Å². The third-order valence-electron chi connectivity index (χ3n) is 3.98. The van der Waals surface area contributed by atoms with Gasteiger partial charge < -0.3 is 15.2 Å². The summed E-state index contributed by atoms with van der Waals surface area (Å²) in [6.45, 7) is 1.52. The average Bonchev–Trinajstić information content (AvgIpc) is 2.92. The first-order chi connectivity index (χ1) is 13.0. The molecule has 1 heterocycles. The highest BCUT2D eigenvalue weighted by molar-refractivity contribution is 6.17. The molecule has 0 aromatic heterocycles. The van der Waals surface area contributed by atoms with Crippen molar-refractivity contribution in [3.8, 4) is 5.75 Å². The van der Waals surface area contributed by atoms with Crippen LogP contribution in [0, 0.1) is 6.92 Å². The second-order valence-electron chi connectivity index (χ2n) is 5.95. The quantitative estimate of drug-likeness (QED) is 0.460. The number of β-amino-alcohol motifs (C(OH)–C–C–N with tert-alkyl or cyclic N) is 1. The van der Waals surface area contributed by atoms with Gasteiger partial charge >= 0.3 is 5.97 Å². The van der Waals surface area contributed by atoms with E-state index in [1.165, 1.54) is 0 Å². The SMILES string of the molecule is Cc1ccc(OC(=O)c2ccccc2NC2=CC(=O)N(CCO)C2=O)cc1. The van der Waals surface area contributed by atoms with Gasteiger partial charge in [0.1, 0.15) is 11.4 Å². The molecule has 138 valence electrons. The number of aliphatic hydroxyl groups is 1. The minimum Gasteiger partial charge on any atom is -0.423 e. The predicted molar refractivity (Wildman–Crippen MR) is 98.1 cm³/mol. The largest absolute Gasteiger partial charge is 0.423 e. The van der Waals surface area contributed by atoms with Crippen LogP contribution < -0.4 is 10.1 Å². The van der Waals surface area contributed by atoms with E-state index in [0.717, 1.165) is 16.5 Å². The van der Waals surface area contributed by atoms with Crippen LogP contribution in [0.5, 0.6) is 5.75 Å². The minimum atomic E-state index is -0.591. The van der Waals surface area contributed by atoms with Crippen LogP contribution in [0.2, 0.25) is 0 Å². The molecular formula is C20H18N2O5. The molecule has 0 spiro atoms. The number of carbonyl (C=O) groups is 3. The first-order valence-electron chi connectivity index (χ1n) is 8.33. The van der Waals surface area contributed by atoms with Crippen LogP contribution in [-0.2, 0) is 9.59 Å². The summed E-state index contributed by atoms with van der Waals surface area (Å²) in [6, 6.07) is 13.6. The number of para-hydroxylation sites is 1. The Kier molecular flexibility index (Phi) is 5.33. The van der Waals surface area contributed by atoms with E-state index in [-0.39, 0.29) is 24.4 Å². The molecule has 0 unspecified atom stereocenters. The number of amides is 2. The van der Waals surface area contributed by atoms with Crippen LogP contribution in [-0.4, -0.2) is 40.9 Å². The Morgan fingerprint density at radius 3 is 2.52 bits per heavy atom. The maximum Gasteiger partial charge on any atom is 0.345 e. The van der Waals surface area contributed by atoms with Crippen molar-refractivity contribution >= 4 is 23.5 Å². The number of esters is 1. The molecule has 0 aliphatic carbocycles. The average molecular weight is 366 g/mol. The highest BCUT2D eigenvalue weighted by Gasteiger charge is 2.31. The zero-order chi connectivity index (χ0) is 19.4. The molecular weight excluding hydrogens is 348 g/mol. The van der Waals surface area contributed by atoms with Gasteiger partial charge in [0.05, 0.1) is 24.4 Å². The lowest BCUT2D eigenvalue weighted by molar-refractivity contribution is -0.137. The Balaban J connectivity index is 1.79. The summed E-state index contributed by atoms with van der Waals surface area (Å²) in [7, 11) is 0. The number of imide groups is 1. The molecule has 7 nitrogen and oxygen atoms in total. The number of ether oxygens (including phenoxy) is 1. The van der Waals surface area contributed by atoms with Gasteiger partial charge in [-0.3, -0.25) is 14.5 Å². The normalized spacial score (nSPS) is 13.6. The van der Waals surface area contributed by atoms with E-state index in [2.05, 4.69) is 5.32 Å². The molecule has 2 aromatic rings. The van der Waals surface area contributed by atoms with Crippen molar-refractivity contribution < 1.29 is 24.2 Å². The van der Waals surface area contributed by atoms with Crippen LogP contribution in [0.15, 0.2) is 60.3 Å². The Morgan fingerprint density at radius 2 is 1.81 bits per heavy atom. The van der Waals surface area contributed by atoms with Gasteiger partial charge in [0.2, 0.25) is 0 Å². The molecule has 1 aliphatic rings. The Morgan fingerprint density at radius 1 is 1.11 bits per heavy atom. The third kappa shape index (κ3) is 4.04. The van der Waals surface area contributed by atoms with Gasteiger partial charge in [0.25, 0.3) is 11.8 Å². The number of hydrogen-bond donors (Lipinski definition) is 2. The summed E-state index contributed by atoms with van der Waals surface area (Å²) in [5, 5.41) is 11.8. The molecule has 1 aliphatic heterocycles. The topological polar surface area (TPSA) is 95.9 Å². The van der Waals surface area contributed by atoms with Crippen molar-refractivity contribution in [1.29, 1.82) is 0 Å². The molecule has 2 aromatic carbocycles. The van der Waals surface area contributed by atoms with Crippen LogP contribution in [0.1, 0.15) is 15.9 Å². The van der Waals surface area contributed by atoms with Crippen molar-refractivity contribution in [2.75, 3.05) is 18.5 Å². The van der Waals surface area contributed by atoms with Crippen LogP contribution in [0.3, 0.4) is 0 Å². The van der Waals surface area contributed by atoms with Gasteiger partial charge in [-0.1, -0.05) is 29.8 Å². The monoisotopic (exact) mass is 366 g/mol. The Bertz CT molecular complexity index is 918. The minimum absolute atomic E-state index is 0.0315. The molecule has 0 atom stereocenters. The molecule has 7 heteroatoms. The molecule has 0 saturated carbocycles. The fraction of sp³-hybridized carbons (Fsp3) is 0.150. The second kappa shape index (κ2) is 7.84. The van der Waals surface area contributed by atoms with Crippen LogP contribution in [0.25, 0.3) is 0 Å². The summed E-state index contributed by atoms with van der Waals surface area (Å²) in [5.74, 6) is -1.26. The van der Waals surface area contributed by atoms with Gasteiger partial charge in [-0.2, -0.15) is 0 Å². The van der Waals surface area contributed by atoms with E-state index in [0.29, 0.717) is 11.4 Å². The van der Waals surface area contributed by atoms with Gasteiger partial charge in [-0.05, 0) is 31.2 Å². The van der Waals surface area contributed by atoms with Crippen LogP contribution >= 0.6 is 0 Å². The number of benzene rings is 2.